The Hall–Kier alpha value is -1.43. The Morgan fingerprint density at radius 2 is 2.33 bits per heavy atom. The van der Waals surface area contributed by atoms with Crippen LogP contribution in [0.15, 0.2) is 0 Å². The van der Waals surface area contributed by atoms with Gasteiger partial charge in [0.25, 0.3) is 5.91 Å². The number of amides is 2. The van der Waals surface area contributed by atoms with Crippen LogP contribution in [-0.4, -0.2) is 23.3 Å². The topological polar surface area (TPSA) is 71.1 Å². The number of fused-ring (bicyclic) bond motifs is 1. The normalized spacial score (nSPS) is 14.9. The summed E-state index contributed by atoms with van der Waals surface area (Å²) in [5, 5.41) is 6.11. The van der Waals surface area contributed by atoms with Crippen molar-refractivity contribution in [2.75, 3.05) is 11.9 Å². The molecule has 0 spiro atoms. The lowest BCUT2D eigenvalue weighted by atomic mass is 10.1. The highest BCUT2D eigenvalue weighted by Crippen LogP contribution is 2.25. The van der Waals surface area contributed by atoms with Gasteiger partial charge in [-0.2, -0.15) is 0 Å². The van der Waals surface area contributed by atoms with Crippen LogP contribution in [-0.2, 0) is 11.2 Å². The zero-order valence-electron chi connectivity index (χ0n) is 10.6. The van der Waals surface area contributed by atoms with Crippen LogP contribution in [0, 0.1) is 5.92 Å². The number of aryl methyl sites for hydroxylation is 1. The highest BCUT2D eigenvalue weighted by molar-refractivity contribution is 7.17. The molecule has 18 heavy (non-hydrogen) atoms. The molecule has 0 saturated carbocycles. The van der Waals surface area contributed by atoms with Crippen molar-refractivity contribution in [2.45, 2.75) is 33.1 Å². The smallest absolute Gasteiger partial charge is 0.263 e. The molecule has 1 aliphatic heterocycles. The van der Waals surface area contributed by atoms with E-state index < -0.39 is 0 Å². The van der Waals surface area contributed by atoms with Crippen LogP contribution >= 0.6 is 11.3 Å². The van der Waals surface area contributed by atoms with Crippen molar-refractivity contribution in [3.05, 3.63) is 10.6 Å². The van der Waals surface area contributed by atoms with Crippen molar-refractivity contribution < 1.29 is 9.59 Å². The van der Waals surface area contributed by atoms with Gasteiger partial charge in [-0.3, -0.25) is 9.59 Å². The lowest BCUT2D eigenvalue weighted by Crippen LogP contribution is -2.21. The van der Waals surface area contributed by atoms with Crippen LogP contribution in [0.1, 0.15) is 42.1 Å². The van der Waals surface area contributed by atoms with Crippen molar-refractivity contribution in [1.29, 1.82) is 0 Å². The van der Waals surface area contributed by atoms with E-state index in [9.17, 15) is 9.59 Å². The second-order valence-electron chi connectivity index (χ2n) is 4.80. The van der Waals surface area contributed by atoms with Gasteiger partial charge in [0.05, 0.1) is 5.69 Å². The number of aromatic nitrogens is 1. The number of hydrogen-bond acceptors (Lipinski definition) is 4. The molecule has 0 bridgehead atoms. The molecule has 0 atom stereocenters. The molecule has 2 N–H and O–H groups in total. The molecule has 0 unspecified atom stereocenters. The van der Waals surface area contributed by atoms with Crippen LogP contribution in [0.25, 0.3) is 0 Å². The zero-order valence-corrected chi connectivity index (χ0v) is 11.4. The Morgan fingerprint density at radius 3 is 3.06 bits per heavy atom. The molecule has 0 aromatic carbocycles. The summed E-state index contributed by atoms with van der Waals surface area (Å²) in [5.41, 5.74) is 0.801. The summed E-state index contributed by atoms with van der Waals surface area (Å²) in [5.74, 6) is 0.185. The van der Waals surface area contributed by atoms with Crippen LogP contribution in [0.4, 0.5) is 5.13 Å². The van der Waals surface area contributed by atoms with Gasteiger partial charge in [-0.15, -0.1) is 0 Å². The first-order valence-corrected chi connectivity index (χ1v) is 6.95. The van der Waals surface area contributed by atoms with Gasteiger partial charge in [0, 0.05) is 13.0 Å². The minimum Gasteiger partial charge on any atom is -0.351 e. The third-order valence-electron chi connectivity index (χ3n) is 2.62. The highest BCUT2D eigenvalue weighted by Gasteiger charge is 2.21. The van der Waals surface area contributed by atoms with Crippen molar-refractivity contribution in [2.24, 2.45) is 5.92 Å². The molecule has 6 heteroatoms. The maximum absolute atomic E-state index is 11.7. The summed E-state index contributed by atoms with van der Waals surface area (Å²) in [6, 6.07) is 0. The maximum atomic E-state index is 11.7. The average Bonchev–Trinajstić information content (AvgIpc) is 2.58. The van der Waals surface area contributed by atoms with E-state index in [0.717, 1.165) is 18.5 Å². The predicted octanol–water partition coefficient (Wildman–Crippen LogP) is 1.80. The Morgan fingerprint density at radius 1 is 1.56 bits per heavy atom. The Bertz CT molecular complexity index is 468. The van der Waals surface area contributed by atoms with Gasteiger partial charge < -0.3 is 10.6 Å². The van der Waals surface area contributed by atoms with Gasteiger partial charge in [-0.05, 0) is 18.8 Å². The number of rotatable bonds is 3. The van der Waals surface area contributed by atoms with E-state index in [2.05, 4.69) is 15.6 Å². The van der Waals surface area contributed by atoms with Gasteiger partial charge in [-0.1, -0.05) is 25.2 Å². The van der Waals surface area contributed by atoms with Crippen LogP contribution in [0.2, 0.25) is 0 Å². The van der Waals surface area contributed by atoms with E-state index in [1.165, 1.54) is 11.3 Å². The SMILES string of the molecule is CC(C)CC(=O)Nc1nc2c(s1)C(=O)NCCC2. The molecule has 0 aliphatic carbocycles. The second-order valence-corrected chi connectivity index (χ2v) is 5.80. The molecule has 1 aliphatic rings. The van der Waals surface area contributed by atoms with Gasteiger partial charge in [0.1, 0.15) is 4.88 Å². The fourth-order valence-corrected chi connectivity index (χ4v) is 2.78. The van der Waals surface area contributed by atoms with E-state index in [1.807, 2.05) is 13.8 Å². The lowest BCUT2D eigenvalue weighted by molar-refractivity contribution is -0.116. The summed E-state index contributed by atoms with van der Waals surface area (Å²) in [7, 11) is 0. The summed E-state index contributed by atoms with van der Waals surface area (Å²) in [6.45, 7) is 4.67. The molecule has 5 nitrogen and oxygen atoms in total. The minimum atomic E-state index is -0.0793. The molecule has 1 aromatic heterocycles. The second kappa shape index (κ2) is 5.48. The molecule has 98 valence electrons. The van der Waals surface area contributed by atoms with Gasteiger partial charge in [-0.25, -0.2) is 4.98 Å². The standard InChI is InChI=1S/C12H17N3O2S/c1-7(2)6-9(16)15-12-14-8-4-3-5-13-11(17)10(8)18-12/h7H,3-6H2,1-2H3,(H,13,17)(H,14,15,16). The lowest BCUT2D eigenvalue weighted by Gasteiger charge is -2.03. The molecule has 0 saturated heterocycles. The highest BCUT2D eigenvalue weighted by atomic mass is 32.1. The third kappa shape index (κ3) is 3.07. The van der Waals surface area contributed by atoms with Crippen LogP contribution in [0.3, 0.4) is 0 Å². The fourth-order valence-electron chi connectivity index (χ4n) is 1.83. The number of nitrogens with one attached hydrogen (secondary N) is 2. The van der Waals surface area contributed by atoms with E-state index in [0.29, 0.717) is 28.9 Å². The zero-order chi connectivity index (χ0) is 13.1. The first-order chi connectivity index (χ1) is 8.56. The first-order valence-electron chi connectivity index (χ1n) is 6.14. The van der Waals surface area contributed by atoms with Crippen molar-refractivity contribution in [1.82, 2.24) is 10.3 Å². The summed E-state index contributed by atoms with van der Waals surface area (Å²) < 4.78 is 0. The maximum Gasteiger partial charge on any atom is 0.263 e. The summed E-state index contributed by atoms with van der Waals surface area (Å²) in [4.78, 5) is 28.3. The first kappa shape index (κ1) is 13.0. The quantitative estimate of drug-likeness (QED) is 0.877. The molecular weight excluding hydrogens is 250 g/mol. The van der Waals surface area contributed by atoms with E-state index in [1.54, 1.807) is 0 Å². The number of hydrogen-bond donors (Lipinski definition) is 2. The molecule has 0 fully saturated rings. The van der Waals surface area contributed by atoms with E-state index in [-0.39, 0.29) is 11.8 Å². The van der Waals surface area contributed by atoms with E-state index >= 15 is 0 Å². The van der Waals surface area contributed by atoms with Gasteiger partial charge in [0.2, 0.25) is 5.91 Å². The number of carbonyl (C=O) groups is 2. The molecule has 2 heterocycles. The number of carbonyl (C=O) groups excluding carboxylic acids is 2. The average molecular weight is 267 g/mol. The van der Waals surface area contributed by atoms with Crippen molar-refractivity contribution in [3.8, 4) is 0 Å². The predicted molar refractivity (Wildman–Crippen MR) is 70.9 cm³/mol. The Labute approximate surface area is 110 Å². The molecule has 2 rings (SSSR count). The summed E-state index contributed by atoms with van der Waals surface area (Å²) >= 11 is 1.26. The Kier molecular flexibility index (Phi) is 3.96. The molecular formula is C12H17N3O2S. The van der Waals surface area contributed by atoms with Crippen LogP contribution in [0.5, 0.6) is 0 Å². The minimum absolute atomic E-state index is 0.0469. The third-order valence-corrected chi connectivity index (χ3v) is 3.63. The molecule has 0 radical (unpaired) electrons. The number of thiazole rings is 1. The van der Waals surface area contributed by atoms with Gasteiger partial charge in [0.15, 0.2) is 5.13 Å². The fraction of sp³-hybridized carbons (Fsp3) is 0.583. The number of nitrogens with zero attached hydrogens (tertiary/aromatic N) is 1. The van der Waals surface area contributed by atoms with Crippen molar-refractivity contribution in [3.63, 3.8) is 0 Å². The Balaban J connectivity index is 2.10. The number of anilines is 1. The largest absolute Gasteiger partial charge is 0.351 e. The monoisotopic (exact) mass is 267 g/mol. The van der Waals surface area contributed by atoms with E-state index in [4.69, 9.17) is 0 Å². The van der Waals surface area contributed by atoms with Gasteiger partial charge >= 0.3 is 0 Å². The summed E-state index contributed by atoms with van der Waals surface area (Å²) in [6.07, 6.45) is 2.14. The van der Waals surface area contributed by atoms with Crippen molar-refractivity contribution >= 4 is 28.3 Å². The molecule has 1 aromatic rings. The molecule has 2 amide bonds. The van der Waals surface area contributed by atoms with Crippen LogP contribution < -0.4 is 10.6 Å².